The fourth-order valence-electron chi connectivity index (χ4n) is 8.81. The van der Waals surface area contributed by atoms with Gasteiger partial charge in [-0.1, -0.05) is 0 Å². The molecule has 3 aromatic rings. The molecule has 2 aliphatic rings. The van der Waals surface area contributed by atoms with Crippen LogP contribution < -0.4 is 51.7 Å². The Morgan fingerprint density at radius 2 is 0.944 bits per heavy atom. The maximum atomic E-state index is 13.6. The predicted octanol–water partition coefficient (Wildman–Crippen LogP) is 2.03. The molecule has 0 saturated heterocycles. The topological polar surface area (TPSA) is 371 Å². The Morgan fingerprint density at radius 3 is 1.26 bits per heavy atom. The quantitative estimate of drug-likeness (QED) is 0.0377. The maximum absolute atomic E-state index is 13.6. The number of ether oxygens (including phenoxy) is 4. The molecule has 3 heterocycles. The lowest BCUT2D eigenvalue weighted by Gasteiger charge is -2.20. The Morgan fingerprint density at radius 1 is 0.611 bits per heavy atom. The fraction of sp³-hybridized carbons (Fsp3) is 0.522. The van der Waals surface area contributed by atoms with Crippen LogP contribution in [0.5, 0.6) is 11.5 Å². The number of hydrogen-bond donors (Lipinski definition) is 10. The van der Waals surface area contributed by atoms with E-state index < -0.39 is 102 Å². The summed E-state index contributed by atoms with van der Waals surface area (Å²) in [6, 6.07) is -2.56. The summed E-state index contributed by atoms with van der Waals surface area (Å²) in [4.78, 5) is 60.2. The molecule has 0 spiro atoms. The van der Waals surface area contributed by atoms with E-state index in [2.05, 4.69) is 40.7 Å². The van der Waals surface area contributed by atoms with E-state index in [1.807, 2.05) is 27.7 Å². The number of nitrogens with zero attached hydrogens (tertiary/aromatic N) is 2. The number of hydrogen-bond acceptors (Lipinski definition) is 18. The summed E-state index contributed by atoms with van der Waals surface area (Å²) in [6.45, 7) is 18.0. The molecule has 12 N–H and O–H groups in total. The third-order valence-electron chi connectivity index (χ3n) is 12.5. The van der Waals surface area contributed by atoms with Crippen molar-refractivity contribution < 1.29 is 55.0 Å². The minimum atomic E-state index is -4.21. The third-order valence-corrected chi connectivity index (χ3v) is 15.7. The fourth-order valence-corrected chi connectivity index (χ4v) is 11.9. The van der Waals surface area contributed by atoms with Crippen LogP contribution in [-0.2, 0) is 52.0 Å². The number of aromatic nitrogens is 2. The molecular formula is C46H66N12O12S2. The molecule has 5 rings (SSSR count). The molecule has 0 fully saturated rings. The van der Waals surface area contributed by atoms with Crippen LogP contribution in [0, 0.1) is 52.4 Å². The number of esters is 2. The summed E-state index contributed by atoms with van der Waals surface area (Å²) in [5.74, 6) is -4.55. The van der Waals surface area contributed by atoms with Crippen molar-refractivity contribution in [2.24, 2.45) is 0 Å². The zero-order valence-electron chi connectivity index (χ0n) is 42.6. The van der Waals surface area contributed by atoms with E-state index in [1.54, 1.807) is 41.5 Å². The minimum absolute atomic E-state index is 0.00808. The number of nitrogen functional groups attached to an aromatic ring is 2. The van der Waals surface area contributed by atoms with Gasteiger partial charge in [-0.2, -0.15) is 0 Å². The molecule has 0 saturated carbocycles. The molecule has 24 nitrogen and oxygen atoms in total. The van der Waals surface area contributed by atoms with Gasteiger partial charge in [-0.25, -0.2) is 45.8 Å². The third kappa shape index (κ3) is 12.2. The van der Waals surface area contributed by atoms with Gasteiger partial charge in [0.05, 0.1) is 24.0 Å². The second-order valence-corrected chi connectivity index (χ2v) is 22.2. The van der Waals surface area contributed by atoms with Crippen LogP contribution in [0.1, 0.15) is 119 Å². The lowest BCUT2D eigenvalue weighted by Crippen LogP contribution is -2.44. The van der Waals surface area contributed by atoms with Gasteiger partial charge in [-0.15, -0.1) is 0 Å². The average Bonchev–Trinajstić information content (AvgIpc) is 3.81. The monoisotopic (exact) mass is 1040 g/mol. The van der Waals surface area contributed by atoms with Gasteiger partial charge in [0.15, 0.2) is 23.0 Å². The lowest BCUT2D eigenvalue weighted by molar-refractivity contribution is -0.143. The second kappa shape index (κ2) is 21.4. The molecule has 2 amide bonds. The Labute approximate surface area is 419 Å². The molecular weight excluding hydrogens is 977 g/mol. The normalized spacial score (nSPS) is 15.1. The molecule has 0 bridgehead atoms. The lowest BCUT2D eigenvalue weighted by atomic mass is 9.94. The SMILES string of the molecule is COC(=O)[C@H](CCCNC(=N)NS(=O)(=O)c1c(C)c(C)c2c(c1C)CC(C)(C)O2)NC(=O)c1nc(N)c(C(=O)N[C@@H](CCCNC(=N)NS(=O)(=O)c2c(C)c(C)c3c(c2C)CC(C)(C)O3)C(=O)OC)nc1N. The van der Waals surface area contributed by atoms with Gasteiger partial charge in [0.2, 0.25) is 11.9 Å². The van der Waals surface area contributed by atoms with Crippen LogP contribution >= 0.6 is 0 Å². The number of fused-ring (bicyclic) bond motifs is 2. The van der Waals surface area contributed by atoms with Crippen molar-refractivity contribution in [1.82, 2.24) is 40.7 Å². The Balaban J connectivity index is 1.14. The van der Waals surface area contributed by atoms with Gasteiger partial charge in [0, 0.05) is 37.1 Å². The van der Waals surface area contributed by atoms with Crippen molar-refractivity contribution in [2.75, 3.05) is 38.8 Å². The molecule has 2 aromatic carbocycles. The number of amides is 2. The van der Waals surface area contributed by atoms with Crippen molar-refractivity contribution in [2.45, 2.75) is 141 Å². The van der Waals surface area contributed by atoms with Gasteiger partial charge < -0.3 is 51.7 Å². The highest BCUT2D eigenvalue weighted by Gasteiger charge is 2.39. The number of carbonyl (C=O) groups excluding carboxylic acids is 4. The zero-order chi connectivity index (χ0) is 54.0. The first-order valence-electron chi connectivity index (χ1n) is 22.9. The van der Waals surface area contributed by atoms with Crippen LogP contribution in [0.4, 0.5) is 11.6 Å². The summed E-state index contributed by atoms with van der Waals surface area (Å²) in [5, 5.41) is 26.9. The highest BCUT2D eigenvalue weighted by Crippen LogP contribution is 2.45. The number of nitrogens with one attached hydrogen (secondary N) is 8. The summed E-state index contributed by atoms with van der Waals surface area (Å²) in [7, 11) is -6.21. The number of anilines is 2. The maximum Gasteiger partial charge on any atom is 0.328 e. The smallest absolute Gasteiger partial charge is 0.328 e. The number of sulfonamides is 2. The van der Waals surface area contributed by atoms with Crippen LogP contribution in [0.15, 0.2) is 9.79 Å². The Bertz CT molecular complexity index is 2760. The van der Waals surface area contributed by atoms with E-state index >= 15 is 0 Å². The largest absolute Gasteiger partial charge is 0.487 e. The number of nitrogens with two attached hydrogens (primary N) is 2. The second-order valence-electron chi connectivity index (χ2n) is 19.0. The van der Waals surface area contributed by atoms with E-state index in [0.717, 1.165) is 25.3 Å². The van der Waals surface area contributed by atoms with Crippen molar-refractivity contribution in [3.63, 3.8) is 0 Å². The van der Waals surface area contributed by atoms with Crippen LogP contribution in [0.25, 0.3) is 0 Å². The minimum Gasteiger partial charge on any atom is -0.487 e. The van der Waals surface area contributed by atoms with E-state index in [-0.39, 0.29) is 48.6 Å². The van der Waals surface area contributed by atoms with E-state index in [1.165, 1.54) is 0 Å². The molecule has 0 unspecified atom stereocenters. The number of guanidine groups is 2. The van der Waals surface area contributed by atoms with Gasteiger partial charge in [-0.3, -0.25) is 20.4 Å². The van der Waals surface area contributed by atoms with Gasteiger partial charge >= 0.3 is 11.9 Å². The standard InChI is InChI=1S/C46H66N12O12S2/c1-21-23(3)35(25(5)27-19-45(7,8)69-33(21)27)71(63,64)57-43(49)51-17-13-15-29(41(61)67-11)53-39(59)31-37(47)56-32(38(48)55-31)40(60)54-30(42(62)68-12)16-14-18-52-44(50)58-72(65,66)36-24(4)22(2)34-28(26(36)6)20-46(9,10)70-34/h29-30H,13-20H2,1-12H3,(H2,48,55)(H2,47,56)(H,53,59)(H,54,60)(H3,49,51,57)(H3,50,52,58)/t29-,30-/m0/s1. The first-order valence-corrected chi connectivity index (χ1v) is 25.9. The Kier molecular flexibility index (Phi) is 16.6. The summed E-state index contributed by atoms with van der Waals surface area (Å²) in [5.41, 5.74) is 15.0. The molecule has 26 heteroatoms. The van der Waals surface area contributed by atoms with Gasteiger partial charge in [-0.05, 0) is 128 Å². The number of carbonyl (C=O) groups is 4. The highest BCUT2D eigenvalue weighted by molar-refractivity contribution is 7.90. The van der Waals surface area contributed by atoms with Crippen molar-refractivity contribution in [1.29, 1.82) is 10.8 Å². The first kappa shape index (κ1) is 56.0. The number of rotatable bonds is 18. The van der Waals surface area contributed by atoms with Gasteiger partial charge in [0.1, 0.15) is 34.8 Å². The average molecular weight is 1040 g/mol. The van der Waals surface area contributed by atoms with Crippen molar-refractivity contribution in [3.8, 4) is 11.5 Å². The van der Waals surface area contributed by atoms with Crippen LogP contribution in [0.3, 0.4) is 0 Å². The molecule has 0 radical (unpaired) electrons. The van der Waals surface area contributed by atoms with E-state index in [9.17, 15) is 36.0 Å². The summed E-state index contributed by atoms with van der Waals surface area (Å²) < 4.78 is 80.7. The molecule has 2 atom stereocenters. The number of methoxy groups -OCH3 is 2. The summed E-state index contributed by atoms with van der Waals surface area (Å²) >= 11 is 0. The van der Waals surface area contributed by atoms with Crippen LogP contribution in [0.2, 0.25) is 0 Å². The van der Waals surface area contributed by atoms with Crippen molar-refractivity contribution >= 4 is 67.4 Å². The molecule has 2 aliphatic heterocycles. The Hall–Kier alpha value is -6.96. The molecule has 72 heavy (non-hydrogen) atoms. The van der Waals surface area contributed by atoms with Crippen LogP contribution in [-0.4, -0.2) is 113 Å². The zero-order valence-corrected chi connectivity index (χ0v) is 44.2. The van der Waals surface area contributed by atoms with Crippen molar-refractivity contribution in [3.05, 3.63) is 55.9 Å². The van der Waals surface area contributed by atoms with E-state index in [4.69, 9.17) is 41.2 Å². The van der Waals surface area contributed by atoms with E-state index in [0.29, 0.717) is 57.7 Å². The number of benzene rings is 2. The van der Waals surface area contributed by atoms with Gasteiger partial charge in [0.25, 0.3) is 31.9 Å². The first-order chi connectivity index (χ1) is 33.4. The molecule has 394 valence electrons. The molecule has 0 aliphatic carbocycles. The molecule has 1 aromatic heterocycles. The predicted molar refractivity (Wildman–Crippen MR) is 266 cm³/mol. The summed E-state index contributed by atoms with van der Waals surface area (Å²) in [6.07, 6.45) is 1.16. The highest BCUT2D eigenvalue weighted by atomic mass is 32.2.